The van der Waals surface area contributed by atoms with Gasteiger partial charge in [0, 0.05) is 62.4 Å². The molecule has 20 heteroatoms. The van der Waals surface area contributed by atoms with E-state index in [9.17, 15) is 49.5 Å². The second kappa shape index (κ2) is 22.8. The van der Waals surface area contributed by atoms with Crippen molar-refractivity contribution in [3.05, 3.63) is 35.9 Å². The van der Waals surface area contributed by atoms with Crippen LogP contribution in [0.15, 0.2) is 30.3 Å². The third-order valence-electron chi connectivity index (χ3n) is 9.94. The third kappa shape index (κ3) is 14.8. The van der Waals surface area contributed by atoms with Crippen LogP contribution in [0.3, 0.4) is 0 Å². The fraction of sp³-hybridized carbons (Fsp3) is 0.703. The second-order valence-electron chi connectivity index (χ2n) is 15.3. The summed E-state index contributed by atoms with van der Waals surface area (Å²) in [4.78, 5) is 63.7. The molecular formula is C37H61N7O12S. The van der Waals surface area contributed by atoms with Crippen molar-refractivity contribution in [3.8, 4) is 0 Å². The van der Waals surface area contributed by atoms with Crippen LogP contribution in [0.5, 0.6) is 0 Å². The van der Waals surface area contributed by atoms with Gasteiger partial charge in [-0.2, -0.15) is 11.8 Å². The van der Waals surface area contributed by atoms with E-state index in [0.29, 0.717) is 18.7 Å². The van der Waals surface area contributed by atoms with Gasteiger partial charge in [0.1, 0.15) is 42.4 Å². The molecule has 1 saturated heterocycles. The first-order valence-electron chi connectivity index (χ1n) is 19.0. The maximum absolute atomic E-state index is 12.9. The molecule has 4 amide bonds. The molecule has 11 atom stereocenters. The quantitative estimate of drug-likeness (QED) is 0.0414. The largest absolute Gasteiger partial charge is 0.389 e. The van der Waals surface area contributed by atoms with Gasteiger partial charge in [-0.15, -0.1) is 0 Å². The second-order valence-corrected chi connectivity index (χ2v) is 16.4. The number of benzene rings is 1. The van der Waals surface area contributed by atoms with Gasteiger partial charge < -0.3 is 73.1 Å². The number of Topliss-reactive ketones (excluding diaryl/α,β-unsaturated/α-hetero) is 1. The molecule has 2 fully saturated rings. The highest BCUT2D eigenvalue weighted by Crippen LogP contribution is 2.27. The Morgan fingerprint density at radius 1 is 0.930 bits per heavy atom. The van der Waals surface area contributed by atoms with Gasteiger partial charge in [0.05, 0.1) is 24.3 Å². The molecule has 1 saturated carbocycles. The van der Waals surface area contributed by atoms with Gasteiger partial charge >= 0.3 is 0 Å². The van der Waals surface area contributed by atoms with Crippen LogP contribution in [0.1, 0.15) is 45.6 Å². The van der Waals surface area contributed by atoms with Crippen LogP contribution in [0.2, 0.25) is 0 Å². The molecule has 0 spiro atoms. The lowest BCUT2D eigenvalue weighted by Crippen LogP contribution is -2.67. The molecule has 14 N–H and O–H groups in total. The topological polar surface area (TPSA) is 322 Å². The Labute approximate surface area is 336 Å². The summed E-state index contributed by atoms with van der Waals surface area (Å²) in [6.07, 6.45) is -10.5. The zero-order valence-electron chi connectivity index (χ0n) is 32.7. The van der Waals surface area contributed by atoms with E-state index in [1.54, 1.807) is 13.8 Å². The van der Waals surface area contributed by atoms with E-state index < -0.39 is 90.3 Å². The summed E-state index contributed by atoms with van der Waals surface area (Å²) in [6, 6.07) is 6.73. The lowest BCUT2D eigenvalue weighted by Gasteiger charge is -2.45. The highest BCUT2D eigenvalue weighted by molar-refractivity contribution is 7.99. The Hall–Kier alpha value is -3.28. The molecule has 19 nitrogen and oxygen atoms in total. The van der Waals surface area contributed by atoms with E-state index in [2.05, 4.69) is 16.0 Å². The summed E-state index contributed by atoms with van der Waals surface area (Å²) in [6.45, 7) is 4.87. The Bertz CT molecular complexity index is 1480. The van der Waals surface area contributed by atoms with Gasteiger partial charge in [-0.25, -0.2) is 0 Å². The minimum absolute atomic E-state index is 0.00426. The van der Waals surface area contributed by atoms with Gasteiger partial charge in [-0.05, 0) is 25.3 Å². The van der Waals surface area contributed by atoms with E-state index in [1.807, 2.05) is 30.3 Å². The number of hydrogen-bond donors (Lipinski definition) is 11. The molecular weight excluding hydrogens is 767 g/mol. The van der Waals surface area contributed by atoms with Crippen molar-refractivity contribution in [2.24, 2.45) is 22.6 Å². The number of ketones is 1. The molecule has 0 unspecified atom stereocenters. The first kappa shape index (κ1) is 48.1. The van der Waals surface area contributed by atoms with Crippen molar-refractivity contribution in [3.63, 3.8) is 0 Å². The van der Waals surface area contributed by atoms with Crippen LogP contribution < -0.4 is 33.2 Å². The maximum Gasteiger partial charge on any atom is 0.249 e. The van der Waals surface area contributed by atoms with Crippen molar-refractivity contribution in [1.82, 2.24) is 20.9 Å². The summed E-state index contributed by atoms with van der Waals surface area (Å²) in [5, 5.41) is 60.3. The van der Waals surface area contributed by atoms with Crippen LogP contribution >= 0.6 is 11.8 Å². The van der Waals surface area contributed by atoms with E-state index >= 15 is 0 Å². The number of nitrogens with zero attached hydrogens (tertiary/aromatic N) is 1. The molecule has 2 aliphatic rings. The van der Waals surface area contributed by atoms with Crippen LogP contribution in [-0.2, 0) is 39.9 Å². The standard InChI is InChI=1S/C37H61N7O12S/c1-20(45)15-27(48)44(13-10-21-7-5-4-6-8-21)19-37(2,3)34(53)35(54)42-11-9-25(46)41-12-14-57-18-26(47)43-17-24-30(50)31(51)28(40)36(55-24)56-33-23(39)16-22(38)29(49)32(33)52/h4-8,22-24,28-34,36,49-53H,9-19,38-40H2,1-3H3,(H,41,46)(H,42,54)(H,43,47)/t22-,23+,24-,28-,29+,30-,31-,32-,33-,34+,36-/m1/s1. The number of carbonyl (C=O) groups excluding carboxylic acids is 5. The number of nitrogens with one attached hydrogen (secondary N) is 3. The number of thioether (sulfide) groups is 1. The number of rotatable bonds is 21. The van der Waals surface area contributed by atoms with E-state index in [4.69, 9.17) is 26.7 Å². The van der Waals surface area contributed by atoms with E-state index in [1.165, 1.54) is 23.6 Å². The average molecular weight is 828 g/mol. The molecule has 1 aromatic carbocycles. The Morgan fingerprint density at radius 3 is 2.28 bits per heavy atom. The summed E-state index contributed by atoms with van der Waals surface area (Å²) >= 11 is 1.21. The number of hydrogen-bond acceptors (Lipinski definition) is 16. The fourth-order valence-corrected chi connectivity index (χ4v) is 7.18. The van der Waals surface area contributed by atoms with Crippen LogP contribution in [0.4, 0.5) is 0 Å². The smallest absolute Gasteiger partial charge is 0.249 e. The van der Waals surface area contributed by atoms with Gasteiger partial charge in [0.25, 0.3) is 0 Å². The predicted octanol–water partition coefficient (Wildman–Crippen LogP) is -4.16. The van der Waals surface area contributed by atoms with Crippen LogP contribution in [-0.4, -0.2) is 171 Å². The average Bonchev–Trinajstić information content (AvgIpc) is 3.16. The minimum Gasteiger partial charge on any atom is -0.389 e. The molecule has 0 radical (unpaired) electrons. The summed E-state index contributed by atoms with van der Waals surface area (Å²) in [5.41, 5.74) is 17.8. The van der Waals surface area contributed by atoms with Crippen molar-refractivity contribution >= 4 is 41.2 Å². The summed E-state index contributed by atoms with van der Waals surface area (Å²) in [7, 11) is 0. The number of nitrogens with two attached hydrogens (primary N) is 3. The molecule has 0 aromatic heterocycles. The maximum atomic E-state index is 12.9. The van der Waals surface area contributed by atoms with E-state index in [0.717, 1.165) is 5.56 Å². The molecule has 1 aliphatic heterocycles. The number of aliphatic hydroxyl groups excluding tert-OH is 5. The molecule has 322 valence electrons. The number of aliphatic hydroxyl groups is 5. The monoisotopic (exact) mass is 827 g/mol. The fourth-order valence-electron chi connectivity index (χ4n) is 6.50. The Morgan fingerprint density at radius 2 is 1.61 bits per heavy atom. The summed E-state index contributed by atoms with van der Waals surface area (Å²) < 4.78 is 11.5. The summed E-state index contributed by atoms with van der Waals surface area (Å²) in [5.74, 6) is -1.82. The third-order valence-corrected chi connectivity index (χ3v) is 10.9. The Balaban J connectivity index is 1.34. The zero-order chi connectivity index (χ0) is 42.4. The Kier molecular flexibility index (Phi) is 19.2. The number of carbonyl (C=O) groups is 5. The lowest BCUT2D eigenvalue weighted by molar-refractivity contribution is -0.288. The SMILES string of the molecule is CC(=O)CC(=O)N(CCc1ccccc1)CC(C)(C)[C@@H](O)C(=O)NCCC(=O)NCCSCC(=O)NC[C@H]1O[C@H](O[C@H]2[C@H](O)[C@@H](O)[C@H](N)C[C@@H]2N)[C@H](N)[C@@H](O)[C@@H]1O. The number of ether oxygens (including phenoxy) is 2. The normalized spacial score (nSPS) is 28.2. The number of amides is 4. The predicted molar refractivity (Wildman–Crippen MR) is 209 cm³/mol. The first-order valence-corrected chi connectivity index (χ1v) is 20.2. The lowest BCUT2D eigenvalue weighted by atomic mass is 9.84. The first-order chi connectivity index (χ1) is 26.8. The van der Waals surface area contributed by atoms with Gasteiger partial charge in [-0.3, -0.25) is 24.0 Å². The van der Waals surface area contributed by atoms with Crippen molar-refractivity contribution in [2.75, 3.05) is 44.2 Å². The minimum atomic E-state index is -1.51. The molecule has 57 heavy (non-hydrogen) atoms. The zero-order valence-corrected chi connectivity index (χ0v) is 33.5. The highest BCUT2D eigenvalue weighted by Gasteiger charge is 2.48. The highest BCUT2D eigenvalue weighted by atomic mass is 32.2. The molecule has 1 heterocycles. The van der Waals surface area contributed by atoms with Crippen molar-refractivity contribution in [2.45, 2.75) is 114 Å². The molecule has 3 rings (SSSR count). The van der Waals surface area contributed by atoms with Gasteiger partial charge in [0.2, 0.25) is 23.6 Å². The van der Waals surface area contributed by atoms with Gasteiger partial charge in [-0.1, -0.05) is 44.2 Å². The molecule has 1 aliphatic carbocycles. The van der Waals surface area contributed by atoms with E-state index in [-0.39, 0.29) is 62.9 Å². The molecule has 0 bridgehead atoms. The van der Waals surface area contributed by atoms with Crippen molar-refractivity contribution in [1.29, 1.82) is 0 Å². The van der Waals surface area contributed by atoms with Crippen LogP contribution in [0.25, 0.3) is 0 Å². The van der Waals surface area contributed by atoms with Crippen LogP contribution in [0, 0.1) is 5.41 Å². The molecule has 1 aromatic rings. The van der Waals surface area contributed by atoms with Gasteiger partial charge in [0.15, 0.2) is 6.29 Å². The van der Waals surface area contributed by atoms with Crippen molar-refractivity contribution < 1.29 is 59.0 Å².